The first kappa shape index (κ1) is 31.3. The molecule has 46 heavy (non-hydrogen) atoms. The van der Waals surface area contributed by atoms with E-state index in [1.165, 1.54) is 23.5 Å². The van der Waals surface area contributed by atoms with E-state index < -0.39 is 0 Å². The van der Waals surface area contributed by atoms with Gasteiger partial charge in [0.15, 0.2) is 0 Å². The lowest BCUT2D eigenvalue weighted by atomic mass is 10.3. The van der Waals surface area contributed by atoms with Gasteiger partial charge < -0.3 is 10.6 Å². The second kappa shape index (κ2) is 15.6. The third kappa shape index (κ3) is 8.54. The summed E-state index contributed by atoms with van der Waals surface area (Å²) in [7, 11) is 3.20. The number of para-hydroxylation sites is 2. The number of nitrogens with one attached hydrogen (secondary N) is 2. The Labute approximate surface area is 279 Å². The molecule has 0 aliphatic heterocycles. The van der Waals surface area contributed by atoms with Crippen LogP contribution in [0, 0.1) is 0 Å². The number of nitrogens with zero attached hydrogens (tertiary/aromatic N) is 8. The number of rotatable bonds is 13. The lowest BCUT2D eigenvalue weighted by molar-refractivity contribution is -0.114. The summed E-state index contributed by atoms with van der Waals surface area (Å²) in [5, 5.41) is 30.5. The van der Waals surface area contributed by atoms with E-state index in [4.69, 9.17) is 0 Å². The number of carbonyl (C=O) groups is 2. The van der Waals surface area contributed by atoms with Crippen LogP contribution in [0.1, 0.15) is 0 Å². The molecule has 4 aromatic carbocycles. The van der Waals surface area contributed by atoms with Gasteiger partial charge in [-0.2, -0.15) is 9.36 Å². The summed E-state index contributed by atoms with van der Waals surface area (Å²) in [6.45, 7) is 0. The molecule has 0 aliphatic rings. The molecule has 2 heterocycles. The zero-order valence-electron chi connectivity index (χ0n) is 23.8. The minimum atomic E-state index is -0.152. The minimum absolute atomic E-state index is 0.152. The highest BCUT2D eigenvalue weighted by Crippen LogP contribution is 2.38. The number of tetrazole rings is 2. The molecule has 2 amide bonds. The Morgan fingerprint density at radius 2 is 0.935 bits per heavy atom. The molecular formula is C30H24N10O2S4. The summed E-state index contributed by atoms with van der Waals surface area (Å²) in [6.07, 6.45) is 0. The van der Waals surface area contributed by atoms with Crippen LogP contribution in [0.2, 0.25) is 0 Å². The van der Waals surface area contributed by atoms with Gasteiger partial charge in [0.1, 0.15) is 0 Å². The fraction of sp³-hybridized carbons (Fsp3) is 0.0667. The number of benzene rings is 4. The Balaban J connectivity index is 0.923. The van der Waals surface area contributed by atoms with Crippen molar-refractivity contribution >= 4 is 68.3 Å². The zero-order valence-corrected chi connectivity index (χ0v) is 27.1. The number of thioether (sulfide) groups is 2. The Kier molecular flexibility index (Phi) is 10.6. The average molecular weight is 685 g/mol. The van der Waals surface area contributed by atoms with Crippen LogP contribution in [0.3, 0.4) is 0 Å². The monoisotopic (exact) mass is 684 g/mol. The molecule has 0 aliphatic carbocycles. The first-order valence-corrected chi connectivity index (χ1v) is 17.8. The Bertz CT molecular complexity index is 1750. The van der Waals surface area contributed by atoms with Gasteiger partial charge in [-0.05, 0) is 93.6 Å². The normalized spacial score (nSPS) is 10.9. The molecule has 2 N–H and O–H groups in total. The number of carbonyl (C=O) groups excluding carboxylic acids is 2. The van der Waals surface area contributed by atoms with Gasteiger partial charge in [0.2, 0.25) is 22.1 Å². The molecule has 0 atom stereocenters. The van der Waals surface area contributed by atoms with Crippen molar-refractivity contribution < 1.29 is 9.59 Å². The van der Waals surface area contributed by atoms with Crippen molar-refractivity contribution in [3.05, 3.63) is 109 Å². The van der Waals surface area contributed by atoms with E-state index in [2.05, 4.69) is 41.7 Å². The predicted octanol–water partition coefficient (Wildman–Crippen LogP) is 5.90. The van der Waals surface area contributed by atoms with E-state index in [1.807, 2.05) is 109 Å². The van der Waals surface area contributed by atoms with Crippen molar-refractivity contribution in [1.29, 1.82) is 0 Å². The molecule has 0 spiro atoms. The Morgan fingerprint density at radius 1 is 0.543 bits per heavy atom. The number of hydrogen-bond acceptors (Lipinski definition) is 12. The molecule has 0 saturated carbocycles. The van der Waals surface area contributed by atoms with Gasteiger partial charge >= 0.3 is 0 Å². The number of amides is 2. The molecule has 16 heteroatoms. The highest BCUT2D eigenvalue weighted by molar-refractivity contribution is 8.76. The van der Waals surface area contributed by atoms with Gasteiger partial charge in [-0.1, -0.05) is 81.5 Å². The molecule has 0 fully saturated rings. The summed E-state index contributed by atoms with van der Waals surface area (Å²) in [5.41, 5.74) is 3.07. The topological polar surface area (TPSA) is 145 Å². The molecule has 230 valence electrons. The molecule has 12 nitrogen and oxygen atoms in total. The molecule has 0 unspecified atom stereocenters. The van der Waals surface area contributed by atoms with E-state index in [-0.39, 0.29) is 23.3 Å². The maximum Gasteiger partial charge on any atom is 0.234 e. The smallest absolute Gasteiger partial charge is 0.234 e. The van der Waals surface area contributed by atoms with Gasteiger partial charge in [-0.3, -0.25) is 9.59 Å². The molecule has 0 bridgehead atoms. The minimum Gasteiger partial charge on any atom is -0.325 e. The third-order valence-corrected chi connectivity index (χ3v) is 10.3. The summed E-state index contributed by atoms with van der Waals surface area (Å²) < 4.78 is 3.21. The van der Waals surface area contributed by atoms with E-state index in [9.17, 15) is 9.59 Å². The van der Waals surface area contributed by atoms with Crippen molar-refractivity contribution in [3.8, 4) is 11.4 Å². The molecule has 6 rings (SSSR count). The highest BCUT2D eigenvalue weighted by atomic mass is 33.1. The maximum atomic E-state index is 12.5. The van der Waals surface area contributed by atoms with Crippen molar-refractivity contribution in [2.45, 2.75) is 20.1 Å². The number of aromatic nitrogens is 8. The second-order valence-corrected chi connectivity index (χ2v) is 13.5. The second-order valence-electron chi connectivity index (χ2n) is 9.31. The van der Waals surface area contributed by atoms with Crippen LogP contribution in [0.25, 0.3) is 11.4 Å². The summed E-state index contributed by atoms with van der Waals surface area (Å²) >= 11 is 2.53. The summed E-state index contributed by atoms with van der Waals surface area (Å²) in [4.78, 5) is 27.2. The van der Waals surface area contributed by atoms with E-state index in [1.54, 1.807) is 31.0 Å². The van der Waals surface area contributed by atoms with E-state index >= 15 is 0 Å². The van der Waals surface area contributed by atoms with Gasteiger partial charge in [-0.25, -0.2) is 0 Å². The lowest BCUT2D eigenvalue weighted by Gasteiger charge is -2.08. The Hall–Kier alpha value is -4.64. The molecule has 0 saturated heterocycles. The third-order valence-electron chi connectivity index (χ3n) is 6.06. The zero-order chi connectivity index (χ0) is 31.6. The summed E-state index contributed by atoms with van der Waals surface area (Å²) in [6, 6.07) is 34.3. The first-order valence-electron chi connectivity index (χ1n) is 13.7. The maximum absolute atomic E-state index is 12.5. The molecule has 0 radical (unpaired) electrons. The van der Waals surface area contributed by atoms with Gasteiger partial charge in [0, 0.05) is 21.2 Å². The SMILES string of the molecule is O=C(CSc1nnnn1-c1ccccc1)Nc1ccc(SSc2ccc(NC(=O)CSc3nnnn3-c3ccccc3)cc2)cc1. The standard InChI is InChI=1S/C30H24N10O2S4/c41-27(19-43-29-33-35-37-39(29)23-7-3-1-4-8-23)31-21-11-15-25(16-12-21)45-46-26-17-13-22(14-18-26)32-28(42)20-44-30-34-36-38-40(30)24-9-5-2-6-10-24/h1-18H,19-20H2,(H,31,41)(H,32,42). The van der Waals surface area contributed by atoms with Crippen molar-refractivity contribution in [2.24, 2.45) is 0 Å². The molecule has 6 aromatic rings. The molecule has 2 aromatic heterocycles. The van der Waals surface area contributed by atoms with Crippen LogP contribution < -0.4 is 10.6 Å². The van der Waals surface area contributed by atoms with Crippen LogP contribution in [-0.4, -0.2) is 63.7 Å². The van der Waals surface area contributed by atoms with Gasteiger partial charge in [0.05, 0.1) is 22.9 Å². The van der Waals surface area contributed by atoms with Crippen LogP contribution in [-0.2, 0) is 9.59 Å². The Morgan fingerprint density at radius 3 is 1.33 bits per heavy atom. The van der Waals surface area contributed by atoms with Crippen molar-refractivity contribution in [3.63, 3.8) is 0 Å². The van der Waals surface area contributed by atoms with Crippen LogP contribution in [0.15, 0.2) is 129 Å². The van der Waals surface area contributed by atoms with Crippen LogP contribution in [0.5, 0.6) is 0 Å². The first-order chi connectivity index (χ1) is 22.6. The largest absolute Gasteiger partial charge is 0.325 e. The van der Waals surface area contributed by atoms with E-state index in [0.717, 1.165) is 21.2 Å². The predicted molar refractivity (Wildman–Crippen MR) is 182 cm³/mol. The lowest BCUT2D eigenvalue weighted by Crippen LogP contribution is -2.14. The quantitative estimate of drug-likeness (QED) is 0.110. The number of hydrogen-bond donors (Lipinski definition) is 2. The summed E-state index contributed by atoms with van der Waals surface area (Å²) in [5.74, 6) is 0.0358. The van der Waals surface area contributed by atoms with Crippen molar-refractivity contribution in [2.75, 3.05) is 22.1 Å². The highest BCUT2D eigenvalue weighted by Gasteiger charge is 2.13. The van der Waals surface area contributed by atoms with Crippen LogP contribution in [0.4, 0.5) is 11.4 Å². The molecular weight excluding hydrogens is 661 g/mol. The van der Waals surface area contributed by atoms with E-state index in [0.29, 0.717) is 21.7 Å². The van der Waals surface area contributed by atoms with Crippen molar-refractivity contribution in [1.82, 2.24) is 40.4 Å². The fourth-order valence-corrected chi connectivity index (χ4v) is 7.25. The van der Waals surface area contributed by atoms with Gasteiger partial charge in [-0.15, -0.1) is 10.2 Å². The average Bonchev–Trinajstić information content (AvgIpc) is 3.78. The van der Waals surface area contributed by atoms with Gasteiger partial charge in [0.25, 0.3) is 0 Å². The number of anilines is 2. The van der Waals surface area contributed by atoms with Crippen LogP contribution >= 0.6 is 45.1 Å². The fourth-order valence-electron chi connectivity index (χ4n) is 3.94.